The van der Waals surface area contributed by atoms with Crippen molar-refractivity contribution in [3.63, 3.8) is 0 Å². The molecule has 0 heterocycles. The van der Waals surface area contributed by atoms with Crippen molar-refractivity contribution < 1.29 is 14.5 Å². The van der Waals surface area contributed by atoms with Crippen LogP contribution in [0, 0.1) is 21.4 Å². The molecule has 0 aromatic rings. The molecule has 0 aromatic heterocycles. The monoisotopic (exact) mass is 300 g/mol. The largest absolute Gasteiger partial charge is 0.469 e. The quantitative estimate of drug-likeness (QED) is 0.223. The summed E-state index contributed by atoms with van der Waals surface area (Å²) in [4.78, 5) is 23.9. The minimum atomic E-state index is -1.27. The summed E-state index contributed by atoms with van der Waals surface area (Å²) in [5.74, 6) is -0.780. The zero-order valence-electron chi connectivity index (χ0n) is 12.5. The molecule has 1 saturated carbocycles. The number of rotatable bonds is 8. The normalized spacial score (nSPS) is 20.0. The lowest BCUT2D eigenvalue weighted by molar-refractivity contribution is -0.509. The average Bonchev–Trinajstić information content (AvgIpc) is 2.97. The van der Waals surface area contributed by atoms with Crippen molar-refractivity contribution in [2.75, 3.05) is 13.7 Å². The van der Waals surface area contributed by atoms with Crippen LogP contribution in [0.2, 0.25) is 0 Å². The molecule has 8 nitrogen and oxygen atoms in total. The molecule has 0 bridgehead atoms. The van der Waals surface area contributed by atoms with E-state index in [1.807, 2.05) is 0 Å². The van der Waals surface area contributed by atoms with Gasteiger partial charge >= 0.3 is 5.97 Å². The number of ether oxygens (including phenoxy) is 1. The van der Waals surface area contributed by atoms with Gasteiger partial charge < -0.3 is 15.9 Å². The number of methoxy groups -OCH3 is 1. The molecule has 0 spiro atoms. The van der Waals surface area contributed by atoms with Crippen molar-refractivity contribution in [2.24, 2.45) is 11.7 Å². The second kappa shape index (κ2) is 8.04. The van der Waals surface area contributed by atoms with E-state index in [0.717, 1.165) is 31.9 Å². The number of carbonyl (C=O) groups is 1. The van der Waals surface area contributed by atoms with Crippen molar-refractivity contribution in [3.8, 4) is 0 Å². The number of esters is 1. The van der Waals surface area contributed by atoms with Gasteiger partial charge in [0.1, 0.15) is 6.17 Å². The predicted octanol–water partition coefficient (Wildman–Crippen LogP) is 0.620. The summed E-state index contributed by atoms with van der Waals surface area (Å²) in [6.45, 7) is 2.02. The fourth-order valence-electron chi connectivity index (χ4n) is 2.82. The summed E-state index contributed by atoms with van der Waals surface area (Å²) >= 11 is 0. The zero-order chi connectivity index (χ0) is 16.0. The second-order valence-corrected chi connectivity index (χ2v) is 5.49. The Bertz CT molecular complexity index is 384. The fraction of sp³-hybridized carbons (Fsp3) is 0.846. The van der Waals surface area contributed by atoms with Crippen LogP contribution in [-0.4, -0.2) is 53.9 Å². The third-order valence-corrected chi connectivity index (χ3v) is 4.03. The van der Waals surface area contributed by atoms with Gasteiger partial charge in [0.2, 0.25) is 0 Å². The third-order valence-electron chi connectivity index (χ3n) is 4.03. The number of hydrogen-bond donors (Lipinski definition) is 2. The molecule has 0 amide bonds. The zero-order valence-corrected chi connectivity index (χ0v) is 12.5. The van der Waals surface area contributed by atoms with E-state index in [-0.39, 0.29) is 12.0 Å². The summed E-state index contributed by atoms with van der Waals surface area (Å²) in [7, 11) is 1.32. The molecule has 3 atom stereocenters. The van der Waals surface area contributed by atoms with E-state index in [4.69, 9.17) is 15.9 Å². The van der Waals surface area contributed by atoms with Crippen LogP contribution in [0.15, 0.2) is 0 Å². The lowest BCUT2D eigenvalue weighted by Gasteiger charge is -2.35. The van der Waals surface area contributed by atoms with Gasteiger partial charge in [-0.25, -0.2) is 0 Å². The Kier molecular flexibility index (Phi) is 6.70. The van der Waals surface area contributed by atoms with E-state index >= 15 is 0 Å². The Morgan fingerprint density at radius 3 is 2.57 bits per heavy atom. The maximum atomic E-state index is 11.6. The molecule has 1 rings (SSSR count). The highest BCUT2D eigenvalue weighted by molar-refractivity contribution is 5.72. The maximum absolute atomic E-state index is 11.6. The highest BCUT2D eigenvalue weighted by Crippen LogP contribution is 2.26. The first-order valence-corrected chi connectivity index (χ1v) is 7.15. The molecule has 0 radical (unpaired) electrons. The minimum absolute atomic E-state index is 0.120. The molecule has 0 aromatic carbocycles. The highest BCUT2D eigenvalue weighted by Gasteiger charge is 2.37. The number of carbonyl (C=O) groups excluding carboxylic acids is 1. The van der Waals surface area contributed by atoms with Crippen LogP contribution < -0.4 is 5.73 Å². The van der Waals surface area contributed by atoms with Gasteiger partial charge in [-0.1, -0.05) is 19.8 Å². The van der Waals surface area contributed by atoms with Crippen LogP contribution in [0.4, 0.5) is 0 Å². The smallest absolute Gasteiger partial charge is 0.309 e. The number of hydrogen-bond acceptors (Lipinski definition) is 7. The molecule has 8 heteroatoms. The standard InChI is InChI=1S/C13H24N4O4/c1-9(13(18)21-2)8-16(10-5-3-4-6-10)12(15)11(7-14)17(19)20/h7,9-12,14H,3-6,8,15H2,1-2H3. The molecule has 1 fully saturated rings. The van der Waals surface area contributed by atoms with E-state index in [2.05, 4.69) is 0 Å². The Balaban J connectivity index is 2.87. The van der Waals surface area contributed by atoms with Crippen LogP contribution >= 0.6 is 0 Å². The van der Waals surface area contributed by atoms with Crippen molar-refractivity contribution >= 4 is 12.2 Å². The van der Waals surface area contributed by atoms with Gasteiger partial charge in [-0.15, -0.1) is 0 Å². The highest BCUT2D eigenvalue weighted by atomic mass is 16.6. The second-order valence-electron chi connectivity index (χ2n) is 5.49. The first-order valence-electron chi connectivity index (χ1n) is 7.15. The van der Waals surface area contributed by atoms with Crippen LogP contribution in [0.1, 0.15) is 32.6 Å². The minimum Gasteiger partial charge on any atom is -0.469 e. The summed E-state index contributed by atoms with van der Waals surface area (Å²) < 4.78 is 4.70. The van der Waals surface area contributed by atoms with Crippen molar-refractivity contribution in [1.82, 2.24) is 4.90 Å². The molecular weight excluding hydrogens is 276 g/mol. The van der Waals surface area contributed by atoms with Crippen LogP contribution in [0.3, 0.4) is 0 Å². The van der Waals surface area contributed by atoms with Crippen molar-refractivity contribution in [3.05, 3.63) is 10.1 Å². The molecule has 0 aliphatic heterocycles. The van der Waals surface area contributed by atoms with E-state index in [1.165, 1.54) is 7.11 Å². The molecule has 0 saturated heterocycles. The SMILES string of the molecule is COC(=O)C(C)CN(C1CCCC1)C(N)C(C=N)[N+](=O)[O-]. The van der Waals surface area contributed by atoms with Crippen LogP contribution in [0.25, 0.3) is 0 Å². The molecule has 1 aliphatic carbocycles. The number of nitro groups is 1. The Morgan fingerprint density at radius 2 is 2.14 bits per heavy atom. The topological polar surface area (TPSA) is 123 Å². The third kappa shape index (κ3) is 4.47. The molecule has 21 heavy (non-hydrogen) atoms. The molecular formula is C13H24N4O4. The molecule has 3 N–H and O–H groups in total. The van der Waals surface area contributed by atoms with E-state index in [1.54, 1.807) is 11.8 Å². The first kappa shape index (κ1) is 17.5. The molecule has 120 valence electrons. The fourth-order valence-corrected chi connectivity index (χ4v) is 2.82. The Labute approximate surface area is 124 Å². The van der Waals surface area contributed by atoms with Gasteiger partial charge in [0, 0.05) is 17.5 Å². The van der Waals surface area contributed by atoms with E-state index in [0.29, 0.717) is 6.54 Å². The van der Waals surface area contributed by atoms with Crippen molar-refractivity contribution in [1.29, 1.82) is 5.41 Å². The first-order chi connectivity index (χ1) is 9.92. The van der Waals surface area contributed by atoms with Crippen molar-refractivity contribution in [2.45, 2.75) is 50.9 Å². The molecule has 3 unspecified atom stereocenters. The summed E-state index contributed by atoms with van der Waals surface area (Å²) in [5.41, 5.74) is 6.02. The van der Waals surface area contributed by atoms with Gasteiger partial charge in [-0.3, -0.25) is 19.8 Å². The number of nitrogens with zero attached hydrogens (tertiary/aromatic N) is 2. The lowest BCUT2D eigenvalue weighted by Crippen LogP contribution is -2.58. The lowest BCUT2D eigenvalue weighted by atomic mass is 10.1. The predicted molar refractivity (Wildman–Crippen MR) is 77.7 cm³/mol. The van der Waals surface area contributed by atoms with Crippen LogP contribution in [-0.2, 0) is 9.53 Å². The molecule has 1 aliphatic rings. The van der Waals surface area contributed by atoms with Gasteiger partial charge in [0.25, 0.3) is 6.04 Å². The van der Waals surface area contributed by atoms with E-state index < -0.39 is 23.0 Å². The van der Waals surface area contributed by atoms with Gasteiger partial charge in [0.05, 0.1) is 19.2 Å². The summed E-state index contributed by atoms with van der Waals surface area (Å²) in [6.07, 6.45) is 3.76. The van der Waals surface area contributed by atoms with Gasteiger partial charge in [-0.2, -0.15) is 0 Å². The Morgan fingerprint density at radius 1 is 1.57 bits per heavy atom. The van der Waals surface area contributed by atoms with Gasteiger partial charge in [-0.05, 0) is 12.8 Å². The maximum Gasteiger partial charge on any atom is 0.309 e. The number of nitrogens with two attached hydrogens (primary N) is 1. The average molecular weight is 300 g/mol. The Hall–Kier alpha value is -1.54. The van der Waals surface area contributed by atoms with E-state index in [9.17, 15) is 14.9 Å². The van der Waals surface area contributed by atoms with Gasteiger partial charge in [0.15, 0.2) is 0 Å². The summed E-state index contributed by atoms with van der Waals surface area (Å²) in [6, 6.07) is -1.15. The number of nitrogens with one attached hydrogen (secondary N) is 1. The summed E-state index contributed by atoms with van der Waals surface area (Å²) in [5, 5.41) is 18.2. The van der Waals surface area contributed by atoms with Crippen LogP contribution in [0.5, 0.6) is 0 Å².